The van der Waals surface area contributed by atoms with E-state index in [2.05, 4.69) is 25.6 Å². The van der Waals surface area contributed by atoms with Crippen molar-refractivity contribution in [2.75, 3.05) is 30.1 Å². The minimum Gasteiger partial charge on any atom is -0.393 e. The number of ether oxygens (including phenoxy) is 1. The van der Waals surface area contributed by atoms with Gasteiger partial charge in [0.05, 0.1) is 16.8 Å². The number of anilines is 4. The molecule has 0 amide bonds. The highest BCUT2D eigenvalue weighted by molar-refractivity contribution is 7.22. The van der Waals surface area contributed by atoms with Crippen LogP contribution in [-0.2, 0) is 4.74 Å². The Hall–Kier alpha value is -2.45. The number of nitrogens with one attached hydrogen (secondary N) is 2. The average molecular weight is 330 g/mol. The lowest BCUT2D eigenvalue weighted by Gasteiger charge is -2.16. The van der Waals surface area contributed by atoms with Crippen molar-refractivity contribution >= 4 is 44.0 Å². The van der Waals surface area contributed by atoms with E-state index in [1.165, 1.54) is 6.33 Å². The smallest absolute Gasteiger partial charge is 0.189 e. The molecule has 0 radical (unpaired) electrons. The molecule has 0 fully saturated rings. The second-order valence-electron chi connectivity index (χ2n) is 5.10. The molecule has 120 valence electrons. The summed E-state index contributed by atoms with van der Waals surface area (Å²) in [6.07, 6.45) is 1.47. The lowest BCUT2D eigenvalue weighted by atomic mass is 10.3. The standard InChI is InChI=1S/C15H18N6OS/c1-9(7-22-2)19-13-12(16)14(18-8-17-13)21-15-20-10-5-3-4-6-11(10)23-15/h3-6,8-9H,7,16H2,1-2H3,(H2,17,18,19,20,21). The third kappa shape index (κ3) is 3.49. The molecule has 3 rings (SSSR count). The number of thiazole rings is 1. The Bertz CT molecular complexity index is 773. The van der Waals surface area contributed by atoms with Crippen LogP contribution in [0.5, 0.6) is 0 Å². The number of hydrogen-bond acceptors (Lipinski definition) is 8. The van der Waals surface area contributed by atoms with Crippen LogP contribution in [0.1, 0.15) is 6.92 Å². The maximum atomic E-state index is 6.16. The fraction of sp³-hybridized carbons (Fsp3) is 0.267. The minimum atomic E-state index is 0.0903. The first-order valence-corrected chi connectivity index (χ1v) is 7.97. The SMILES string of the molecule is COCC(C)Nc1ncnc(Nc2nc3ccccc3s2)c1N. The van der Waals surface area contributed by atoms with Gasteiger partial charge in [-0.2, -0.15) is 0 Å². The van der Waals surface area contributed by atoms with Crippen LogP contribution in [0.15, 0.2) is 30.6 Å². The first-order chi connectivity index (χ1) is 11.2. The highest BCUT2D eigenvalue weighted by Gasteiger charge is 2.12. The van der Waals surface area contributed by atoms with E-state index < -0.39 is 0 Å². The van der Waals surface area contributed by atoms with Gasteiger partial charge < -0.3 is 21.1 Å². The van der Waals surface area contributed by atoms with Crippen molar-refractivity contribution in [1.82, 2.24) is 15.0 Å². The largest absolute Gasteiger partial charge is 0.393 e. The highest BCUT2D eigenvalue weighted by Crippen LogP contribution is 2.31. The van der Waals surface area contributed by atoms with Crippen molar-refractivity contribution < 1.29 is 4.74 Å². The Morgan fingerprint density at radius 3 is 2.83 bits per heavy atom. The topological polar surface area (TPSA) is 98.0 Å². The van der Waals surface area contributed by atoms with E-state index in [0.717, 1.165) is 15.3 Å². The molecule has 2 heterocycles. The van der Waals surface area contributed by atoms with Crippen LogP contribution in [-0.4, -0.2) is 34.7 Å². The molecule has 7 nitrogen and oxygen atoms in total. The van der Waals surface area contributed by atoms with Crippen LogP contribution in [0, 0.1) is 0 Å². The molecule has 0 saturated heterocycles. The normalized spacial score (nSPS) is 12.3. The number of nitrogen functional groups attached to an aromatic ring is 1. The van der Waals surface area contributed by atoms with Crippen LogP contribution in [0.2, 0.25) is 0 Å². The van der Waals surface area contributed by atoms with Crippen LogP contribution < -0.4 is 16.4 Å². The molecule has 0 aliphatic carbocycles. The third-order valence-electron chi connectivity index (χ3n) is 3.20. The summed E-state index contributed by atoms with van der Waals surface area (Å²) >= 11 is 1.55. The molecular weight excluding hydrogens is 312 g/mol. The molecule has 0 aliphatic heterocycles. The predicted octanol–water partition coefficient (Wildman–Crippen LogP) is 2.86. The zero-order valence-corrected chi connectivity index (χ0v) is 13.7. The fourth-order valence-electron chi connectivity index (χ4n) is 2.16. The maximum Gasteiger partial charge on any atom is 0.189 e. The molecule has 2 aromatic heterocycles. The fourth-order valence-corrected chi connectivity index (χ4v) is 3.03. The van der Waals surface area contributed by atoms with Crippen molar-refractivity contribution in [2.45, 2.75) is 13.0 Å². The van der Waals surface area contributed by atoms with Crippen LogP contribution in [0.3, 0.4) is 0 Å². The van der Waals surface area contributed by atoms with E-state index >= 15 is 0 Å². The van der Waals surface area contributed by atoms with E-state index in [0.29, 0.717) is 23.9 Å². The number of methoxy groups -OCH3 is 1. The van der Waals surface area contributed by atoms with Gasteiger partial charge in [0.15, 0.2) is 16.8 Å². The van der Waals surface area contributed by atoms with Crippen molar-refractivity contribution in [3.05, 3.63) is 30.6 Å². The lowest BCUT2D eigenvalue weighted by molar-refractivity contribution is 0.190. The quantitative estimate of drug-likeness (QED) is 0.639. The zero-order chi connectivity index (χ0) is 16.2. The van der Waals surface area contributed by atoms with Gasteiger partial charge in [0.1, 0.15) is 12.0 Å². The van der Waals surface area contributed by atoms with E-state index in [1.807, 2.05) is 31.2 Å². The summed E-state index contributed by atoms with van der Waals surface area (Å²) in [6.45, 7) is 2.55. The van der Waals surface area contributed by atoms with Crippen LogP contribution >= 0.6 is 11.3 Å². The first-order valence-electron chi connectivity index (χ1n) is 7.16. The zero-order valence-electron chi connectivity index (χ0n) is 12.9. The Morgan fingerprint density at radius 2 is 2.04 bits per heavy atom. The molecule has 23 heavy (non-hydrogen) atoms. The molecule has 0 saturated carbocycles. The van der Waals surface area contributed by atoms with E-state index in [1.54, 1.807) is 18.4 Å². The number of nitrogens with zero attached hydrogens (tertiary/aromatic N) is 3. The molecule has 1 atom stereocenters. The maximum absolute atomic E-state index is 6.16. The Morgan fingerprint density at radius 1 is 1.26 bits per heavy atom. The van der Waals surface area contributed by atoms with Gasteiger partial charge in [0, 0.05) is 13.2 Å². The summed E-state index contributed by atoms with van der Waals surface area (Å²) in [7, 11) is 1.65. The molecule has 3 aromatic rings. The predicted molar refractivity (Wildman–Crippen MR) is 94.3 cm³/mol. The van der Waals surface area contributed by atoms with Gasteiger partial charge in [-0.05, 0) is 19.1 Å². The number of nitrogens with two attached hydrogens (primary N) is 1. The number of aromatic nitrogens is 3. The second kappa shape index (κ2) is 6.76. The average Bonchev–Trinajstić information content (AvgIpc) is 2.94. The van der Waals surface area contributed by atoms with E-state index in [9.17, 15) is 0 Å². The molecule has 0 aliphatic rings. The number of benzene rings is 1. The van der Waals surface area contributed by atoms with Gasteiger partial charge in [0.25, 0.3) is 0 Å². The van der Waals surface area contributed by atoms with Crippen molar-refractivity contribution in [2.24, 2.45) is 0 Å². The van der Waals surface area contributed by atoms with Crippen molar-refractivity contribution in [3.63, 3.8) is 0 Å². The molecule has 0 bridgehead atoms. The van der Waals surface area contributed by atoms with Crippen molar-refractivity contribution in [3.8, 4) is 0 Å². The Balaban J connectivity index is 1.82. The molecule has 1 aromatic carbocycles. The summed E-state index contributed by atoms with van der Waals surface area (Å²) in [6, 6.07) is 8.04. The number of fused-ring (bicyclic) bond motifs is 1. The van der Waals surface area contributed by atoms with Crippen LogP contribution in [0.4, 0.5) is 22.5 Å². The number of rotatable bonds is 6. The Kier molecular flexibility index (Phi) is 4.54. The molecule has 4 N–H and O–H groups in total. The summed E-state index contributed by atoms with van der Waals surface area (Å²) < 4.78 is 6.21. The summed E-state index contributed by atoms with van der Waals surface area (Å²) in [5, 5.41) is 7.12. The summed E-state index contributed by atoms with van der Waals surface area (Å²) in [5.41, 5.74) is 7.55. The summed E-state index contributed by atoms with van der Waals surface area (Å²) in [5.74, 6) is 1.11. The monoisotopic (exact) mass is 330 g/mol. The molecular formula is C15H18N6OS. The van der Waals surface area contributed by atoms with E-state index in [-0.39, 0.29) is 6.04 Å². The van der Waals surface area contributed by atoms with Gasteiger partial charge in [0.2, 0.25) is 0 Å². The van der Waals surface area contributed by atoms with E-state index in [4.69, 9.17) is 10.5 Å². The first kappa shape index (κ1) is 15.4. The number of para-hydroxylation sites is 1. The van der Waals surface area contributed by atoms with Gasteiger partial charge in [-0.15, -0.1) is 0 Å². The third-order valence-corrected chi connectivity index (χ3v) is 4.15. The van der Waals surface area contributed by atoms with Gasteiger partial charge >= 0.3 is 0 Å². The van der Waals surface area contributed by atoms with Gasteiger partial charge in [-0.3, -0.25) is 0 Å². The second-order valence-corrected chi connectivity index (χ2v) is 6.13. The van der Waals surface area contributed by atoms with Crippen molar-refractivity contribution in [1.29, 1.82) is 0 Å². The van der Waals surface area contributed by atoms with Gasteiger partial charge in [-0.1, -0.05) is 23.5 Å². The summed E-state index contributed by atoms with van der Waals surface area (Å²) in [4.78, 5) is 12.9. The molecule has 0 spiro atoms. The van der Waals surface area contributed by atoms with Gasteiger partial charge in [-0.25, -0.2) is 15.0 Å². The highest BCUT2D eigenvalue weighted by atomic mass is 32.1. The lowest BCUT2D eigenvalue weighted by Crippen LogP contribution is -2.22. The Labute approximate surface area is 137 Å². The molecule has 1 unspecified atom stereocenters. The van der Waals surface area contributed by atoms with Crippen LogP contribution in [0.25, 0.3) is 10.2 Å². The molecule has 8 heteroatoms. The number of hydrogen-bond donors (Lipinski definition) is 3. The minimum absolute atomic E-state index is 0.0903.